The lowest BCUT2D eigenvalue weighted by atomic mass is 9.96. The Hall–Kier alpha value is -1.06. The van der Waals surface area contributed by atoms with Gasteiger partial charge in [0.1, 0.15) is 0 Å². The molecule has 3 nitrogen and oxygen atoms in total. The Balaban J connectivity index is 1.78. The van der Waals surface area contributed by atoms with E-state index in [0.717, 1.165) is 19.5 Å². The lowest BCUT2D eigenvalue weighted by molar-refractivity contribution is 0.193. The summed E-state index contributed by atoms with van der Waals surface area (Å²) >= 11 is 0. The summed E-state index contributed by atoms with van der Waals surface area (Å²) in [7, 11) is 0. The van der Waals surface area contributed by atoms with E-state index in [1.807, 2.05) is 0 Å². The van der Waals surface area contributed by atoms with Crippen molar-refractivity contribution in [3.8, 4) is 0 Å². The van der Waals surface area contributed by atoms with E-state index < -0.39 is 0 Å². The molecule has 0 amide bonds. The van der Waals surface area contributed by atoms with Crippen molar-refractivity contribution >= 4 is 5.69 Å². The summed E-state index contributed by atoms with van der Waals surface area (Å²) in [4.78, 5) is 2.51. The van der Waals surface area contributed by atoms with Gasteiger partial charge in [-0.15, -0.1) is 0 Å². The minimum atomic E-state index is -0.162. The van der Waals surface area contributed by atoms with Crippen LogP contribution in [-0.2, 0) is 6.42 Å². The number of nitrogens with one attached hydrogen (secondary N) is 1. The van der Waals surface area contributed by atoms with Crippen LogP contribution in [0.25, 0.3) is 0 Å². The van der Waals surface area contributed by atoms with Crippen LogP contribution in [0.3, 0.4) is 0 Å². The highest BCUT2D eigenvalue weighted by Crippen LogP contribution is 2.30. The molecule has 0 saturated carbocycles. The van der Waals surface area contributed by atoms with Crippen LogP contribution in [0.1, 0.15) is 25.3 Å². The van der Waals surface area contributed by atoms with Crippen molar-refractivity contribution in [3.05, 3.63) is 29.8 Å². The third-order valence-corrected chi connectivity index (χ3v) is 4.28. The highest BCUT2D eigenvalue weighted by molar-refractivity contribution is 5.56. The smallest absolute Gasteiger partial charge is 0.0680 e. The van der Waals surface area contributed by atoms with Gasteiger partial charge in [0.25, 0.3) is 0 Å². The molecule has 2 heterocycles. The maximum atomic E-state index is 9.61. The number of β-amino-alcohol motifs (C(OH)–C–C–N with tert-alkyl or cyclic N) is 1. The summed E-state index contributed by atoms with van der Waals surface area (Å²) in [5.74, 6) is 0. The lowest BCUT2D eigenvalue weighted by Gasteiger charge is -2.38. The molecule has 3 rings (SSSR count). The number of anilines is 1. The first-order chi connectivity index (χ1) is 8.74. The Morgan fingerprint density at radius 2 is 2.22 bits per heavy atom. The van der Waals surface area contributed by atoms with E-state index in [-0.39, 0.29) is 6.10 Å². The number of fused-ring (bicyclic) bond motifs is 1. The Morgan fingerprint density at radius 3 is 3.00 bits per heavy atom. The molecule has 98 valence electrons. The number of aliphatic hydroxyl groups excluding tert-OH is 1. The van der Waals surface area contributed by atoms with Crippen LogP contribution in [0.4, 0.5) is 5.69 Å². The average Bonchev–Trinajstić information content (AvgIpc) is 2.79. The van der Waals surface area contributed by atoms with Gasteiger partial charge in [0.2, 0.25) is 0 Å². The second-order valence-electron chi connectivity index (χ2n) is 5.66. The van der Waals surface area contributed by atoms with Crippen LogP contribution >= 0.6 is 0 Å². The average molecular weight is 246 g/mol. The number of hydrogen-bond donors (Lipinski definition) is 2. The molecule has 3 heteroatoms. The Bertz CT molecular complexity index is 421. The topological polar surface area (TPSA) is 35.5 Å². The molecule has 1 aromatic rings. The van der Waals surface area contributed by atoms with Gasteiger partial charge >= 0.3 is 0 Å². The van der Waals surface area contributed by atoms with Gasteiger partial charge in [-0.2, -0.15) is 0 Å². The van der Waals surface area contributed by atoms with E-state index in [9.17, 15) is 5.11 Å². The second kappa shape index (κ2) is 4.90. The normalized spacial score (nSPS) is 31.4. The fraction of sp³-hybridized carbons (Fsp3) is 0.600. The van der Waals surface area contributed by atoms with Crippen molar-refractivity contribution in [2.75, 3.05) is 18.0 Å². The van der Waals surface area contributed by atoms with Crippen LogP contribution in [0, 0.1) is 0 Å². The van der Waals surface area contributed by atoms with Gasteiger partial charge in [0.15, 0.2) is 0 Å². The minimum absolute atomic E-state index is 0.162. The van der Waals surface area contributed by atoms with Crippen LogP contribution in [0.5, 0.6) is 0 Å². The van der Waals surface area contributed by atoms with Crippen LogP contribution < -0.4 is 10.2 Å². The summed E-state index contributed by atoms with van der Waals surface area (Å²) in [6, 6.07) is 9.75. The van der Waals surface area contributed by atoms with Crippen molar-refractivity contribution in [1.82, 2.24) is 5.32 Å². The largest absolute Gasteiger partial charge is 0.392 e. The molecule has 0 aromatic heterocycles. The first-order valence-electron chi connectivity index (χ1n) is 7.00. The van der Waals surface area contributed by atoms with Crippen LogP contribution in [0.15, 0.2) is 24.3 Å². The number of para-hydroxylation sites is 1. The molecule has 0 spiro atoms. The maximum absolute atomic E-state index is 9.61. The Morgan fingerprint density at radius 1 is 1.39 bits per heavy atom. The van der Waals surface area contributed by atoms with Crippen molar-refractivity contribution in [1.29, 1.82) is 0 Å². The molecule has 18 heavy (non-hydrogen) atoms. The summed E-state index contributed by atoms with van der Waals surface area (Å²) in [6.07, 6.45) is 3.14. The molecule has 1 aromatic carbocycles. The molecule has 0 radical (unpaired) electrons. The molecule has 3 atom stereocenters. The van der Waals surface area contributed by atoms with E-state index in [2.05, 4.69) is 41.4 Å². The summed E-state index contributed by atoms with van der Waals surface area (Å²) in [5.41, 5.74) is 2.86. The van der Waals surface area contributed by atoms with Gasteiger partial charge in [-0.1, -0.05) is 18.2 Å². The van der Waals surface area contributed by atoms with E-state index >= 15 is 0 Å². The van der Waals surface area contributed by atoms with Gasteiger partial charge in [-0.3, -0.25) is 0 Å². The number of rotatable bonds is 2. The van der Waals surface area contributed by atoms with E-state index in [4.69, 9.17) is 0 Å². The number of benzene rings is 1. The third kappa shape index (κ3) is 2.25. The SMILES string of the molecule is CC1CCc2ccccc2N1CC1CC(O)CN1. The quantitative estimate of drug-likeness (QED) is 0.831. The first kappa shape index (κ1) is 12.0. The van der Waals surface area contributed by atoms with Gasteiger partial charge in [0.05, 0.1) is 6.10 Å². The van der Waals surface area contributed by atoms with Crippen molar-refractivity contribution in [2.45, 2.75) is 44.4 Å². The number of aliphatic hydroxyl groups is 1. The summed E-state index contributed by atoms with van der Waals surface area (Å²) in [6.45, 7) is 4.06. The predicted molar refractivity (Wildman–Crippen MR) is 74.0 cm³/mol. The van der Waals surface area contributed by atoms with Crippen LogP contribution in [-0.4, -0.2) is 36.4 Å². The zero-order chi connectivity index (χ0) is 12.5. The Kier molecular flexibility index (Phi) is 3.27. The molecule has 0 aliphatic carbocycles. The number of nitrogens with zero attached hydrogens (tertiary/aromatic N) is 1. The fourth-order valence-electron chi connectivity index (χ4n) is 3.21. The zero-order valence-electron chi connectivity index (χ0n) is 11.0. The molecule has 3 unspecified atom stereocenters. The zero-order valence-corrected chi connectivity index (χ0v) is 11.0. The van der Waals surface area contributed by atoms with E-state index in [0.29, 0.717) is 12.1 Å². The van der Waals surface area contributed by atoms with Gasteiger partial charge in [-0.25, -0.2) is 0 Å². The van der Waals surface area contributed by atoms with Crippen molar-refractivity contribution in [3.63, 3.8) is 0 Å². The minimum Gasteiger partial charge on any atom is -0.392 e. The highest BCUT2D eigenvalue weighted by atomic mass is 16.3. The number of aryl methyl sites for hydroxylation is 1. The summed E-state index contributed by atoms with van der Waals surface area (Å²) in [5, 5.41) is 13.0. The standard InChI is InChI=1S/C15H22N2O/c1-11-6-7-12-4-2-3-5-15(12)17(11)10-13-8-14(18)9-16-13/h2-5,11,13-14,16,18H,6-10H2,1H3. The molecule has 1 fully saturated rings. The van der Waals surface area contributed by atoms with E-state index in [1.54, 1.807) is 0 Å². The van der Waals surface area contributed by atoms with E-state index in [1.165, 1.54) is 24.1 Å². The number of hydrogen-bond acceptors (Lipinski definition) is 3. The van der Waals surface area contributed by atoms with Crippen molar-refractivity contribution in [2.24, 2.45) is 0 Å². The molecule has 0 bridgehead atoms. The molecule has 2 aliphatic heterocycles. The molecular weight excluding hydrogens is 224 g/mol. The van der Waals surface area contributed by atoms with Crippen molar-refractivity contribution < 1.29 is 5.11 Å². The summed E-state index contributed by atoms with van der Waals surface area (Å²) < 4.78 is 0. The van der Waals surface area contributed by atoms with Gasteiger partial charge < -0.3 is 15.3 Å². The Labute approximate surface area is 109 Å². The highest BCUT2D eigenvalue weighted by Gasteiger charge is 2.28. The molecular formula is C15H22N2O. The molecule has 1 saturated heterocycles. The monoisotopic (exact) mass is 246 g/mol. The predicted octanol–water partition coefficient (Wildman–Crippen LogP) is 1.55. The second-order valence-corrected chi connectivity index (χ2v) is 5.66. The maximum Gasteiger partial charge on any atom is 0.0680 e. The van der Waals surface area contributed by atoms with Gasteiger partial charge in [0, 0.05) is 30.9 Å². The van der Waals surface area contributed by atoms with Gasteiger partial charge in [-0.05, 0) is 37.8 Å². The van der Waals surface area contributed by atoms with Crippen LogP contribution in [0.2, 0.25) is 0 Å². The fourth-order valence-corrected chi connectivity index (χ4v) is 3.21. The first-order valence-corrected chi connectivity index (χ1v) is 7.00. The molecule has 2 aliphatic rings. The lowest BCUT2D eigenvalue weighted by Crippen LogP contribution is -2.44. The third-order valence-electron chi connectivity index (χ3n) is 4.28. The molecule has 2 N–H and O–H groups in total.